The number of rotatable bonds is 15. The highest BCUT2D eigenvalue weighted by Gasteiger charge is 2.26. The molecular weight excluding hydrogens is 751 g/mol. The molecule has 9 nitrogen and oxygen atoms in total. The molecule has 1 aliphatic rings. The minimum absolute atomic E-state index is 0.136. The van der Waals surface area contributed by atoms with E-state index in [0.717, 1.165) is 98.2 Å². The molecule has 1 aromatic carbocycles. The molecule has 0 radical (unpaired) electrons. The number of hydrogen-bond acceptors (Lipinski definition) is 7. The van der Waals surface area contributed by atoms with Crippen LogP contribution in [0.4, 0.5) is 0 Å². The minimum atomic E-state index is -0.249. The number of imidazole rings is 2. The van der Waals surface area contributed by atoms with Crippen molar-refractivity contribution in [3.8, 4) is 22.8 Å². The predicted octanol–water partition coefficient (Wildman–Crippen LogP) is 12.5. The molecule has 1 aliphatic heterocycles. The summed E-state index contributed by atoms with van der Waals surface area (Å²) in [7, 11) is 0. The van der Waals surface area contributed by atoms with E-state index in [1.54, 1.807) is 0 Å². The number of allylic oxidation sites excluding steroid dienone is 12. The van der Waals surface area contributed by atoms with Crippen molar-refractivity contribution in [2.45, 2.75) is 100 Å². The number of nitrogens with zero attached hydrogens (tertiary/aromatic N) is 9. The van der Waals surface area contributed by atoms with Crippen molar-refractivity contribution in [2.75, 3.05) is 6.54 Å². The number of aromatic nitrogens is 6. The van der Waals surface area contributed by atoms with Gasteiger partial charge in [0.1, 0.15) is 34.7 Å². The van der Waals surface area contributed by atoms with E-state index < -0.39 is 0 Å². The van der Waals surface area contributed by atoms with Gasteiger partial charge in [-0.25, -0.2) is 19.9 Å². The fraction of sp³-hybridized carbons (Fsp3) is 0.308. The first kappa shape index (κ1) is 44.1. The summed E-state index contributed by atoms with van der Waals surface area (Å²) in [5.41, 5.74) is 11.5. The van der Waals surface area contributed by atoms with E-state index >= 15 is 0 Å². The van der Waals surface area contributed by atoms with Crippen molar-refractivity contribution in [1.29, 1.82) is 0 Å². The molecule has 0 fully saturated rings. The summed E-state index contributed by atoms with van der Waals surface area (Å²) in [6.07, 6.45) is 29.4. The fourth-order valence-corrected chi connectivity index (χ4v) is 7.44. The number of unbranched alkanes of at least 4 members (excludes halogenated alkanes) is 1. The van der Waals surface area contributed by atoms with E-state index in [1.807, 2.05) is 61.9 Å². The van der Waals surface area contributed by atoms with Gasteiger partial charge in [0, 0.05) is 54.1 Å². The monoisotopic (exact) mass is 812 g/mol. The van der Waals surface area contributed by atoms with Crippen LogP contribution in [0.3, 0.4) is 0 Å². The Hall–Kier alpha value is -6.48. The van der Waals surface area contributed by atoms with Gasteiger partial charge in [-0.15, -0.1) is 0 Å². The molecule has 314 valence electrons. The zero-order chi connectivity index (χ0) is 43.5. The predicted molar refractivity (Wildman–Crippen MR) is 259 cm³/mol. The summed E-state index contributed by atoms with van der Waals surface area (Å²) in [5.74, 6) is 2.40. The van der Waals surface area contributed by atoms with Crippen LogP contribution in [0.25, 0.3) is 50.8 Å². The highest BCUT2D eigenvalue weighted by Crippen LogP contribution is 2.35. The Labute approximate surface area is 362 Å². The van der Waals surface area contributed by atoms with Gasteiger partial charge in [0.15, 0.2) is 11.3 Å². The maximum atomic E-state index is 5.46. The quantitative estimate of drug-likeness (QED) is 0.0597. The van der Waals surface area contributed by atoms with Crippen molar-refractivity contribution in [2.24, 2.45) is 9.98 Å². The molecule has 0 aliphatic carbocycles. The lowest BCUT2D eigenvalue weighted by Crippen LogP contribution is -2.40. The molecule has 5 heterocycles. The Morgan fingerprint density at radius 1 is 0.803 bits per heavy atom. The lowest BCUT2D eigenvalue weighted by Gasteiger charge is -2.32. The van der Waals surface area contributed by atoms with Crippen molar-refractivity contribution < 1.29 is 0 Å². The molecule has 4 aromatic heterocycles. The van der Waals surface area contributed by atoms with Crippen LogP contribution in [0.5, 0.6) is 0 Å². The van der Waals surface area contributed by atoms with E-state index in [1.165, 1.54) is 5.57 Å². The smallest absolute Gasteiger partial charge is 0.164 e. The molecule has 2 unspecified atom stereocenters. The first-order chi connectivity index (χ1) is 29.6. The summed E-state index contributed by atoms with van der Waals surface area (Å²) in [4.78, 5) is 33.2. The van der Waals surface area contributed by atoms with Gasteiger partial charge in [-0.05, 0) is 140 Å². The fourth-order valence-electron chi connectivity index (χ4n) is 7.44. The number of fused-ring (bicyclic) bond motifs is 2. The third-order valence-electron chi connectivity index (χ3n) is 10.9. The van der Waals surface area contributed by atoms with Crippen molar-refractivity contribution in [1.82, 2.24) is 34.0 Å². The topological polar surface area (TPSA) is 89.4 Å². The number of amidine groups is 1. The second kappa shape index (κ2) is 20.7. The zero-order valence-electron chi connectivity index (χ0n) is 37.5. The molecule has 2 atom stereocenters. The van der Waals surface area contributed by atoms with Crippen LogP contribution in [-0.2, 0) is 6.54 Å². The molecule has 0 spiro atoms. The Balaban J connectivity index is 1.68. The van der Waals surface area contributed by atoms with Gasteiger partial charge >= 0.3 is 0 Å². The molecule has 5 aromatic rings. The largest absolute Gasteiger partial charge is 0.330 e. The van der Waals surface area contributed by atoms with Gasteiger partial charge in [0.25, 0.3) is 0 Å². The molecule has 0 saturated carbocycles. The summed E-state index contributed by atoms with van der Waals surface area (Å²) in [6, 6.07) is 14.5. The maximum absolute atomic E-state index is 5.46. The van der Waals surface area contributed by atoms with Gasteiger partial charge in [-0.1, -0.05) is 73.8 Å². The summed E-state index contributed by atoms with van der Waals surface area (Å²) >= 11 is 0. The van der Waals surface area contributed by atoms with Crippen LogP contribution in [0.2, 0.25) is 0 Å². The number of hydrogen-bond donors (Lipinski definition) is 0. The molecule has 6 rings (SSSR count). The van der Waals surface area contributed by atoms with Crippen LogP contribution in [0.1, 0.15) is 87.1 Å². The summed E-state index contributed by atoms with van der Waals surface area (Å²) < 4.78 is 4.45. The van der Waals surface area contributed by atoms with Crippen molar-refractivity contribution in [3.05, 3.63) is 150 Å². The maximum Gasteiger partial charge on any atom is 0.164 e. The number of aliphatic imine (C=N–C) groups is 2. The number of pyridine rings is 2. The lowest BCUT2D eigenvalue weighted by atomic mass is 10.0. The Morgan fingerprint density at radius 3 is 2.20 bits per heavy atom. The van der Waals surface area contributed by atoms with Crippen LogP contribution >= 0.6 is 0 Å². The van der Waals surface area contributed by atoms with Crippen LogP contribution in [0, 0.1) is 0 Å². The van der Waals surface area contributed by atoms with Crippen LogP contribution in [0.15, 0.2) is 154 Å². The van der Waals surface area contributed by atoms with E-state index in [2.05, 4.69) is 143 Å². The van der Waals surface area contributed by atoms with Crippen LogP contribution < -0.4 is 0 Å². The molecule has 9 heteroatoms. The second-order valence-corrected chi connectivity index (χ2v) is 15.6. The summed E-state index contributed by atoms with van der Waals surface area (Å²) in [6.45, 7) is 24.7. The molecule has 0 N–H and O–H groups in total. The van der Waals surface area contributed by atoms with Gasteiger partial charge in [0.2, 0.25) is 0 Å². The minimum Gasteiger partial charge on any atom is -0.330 e. The van der Waals surface area contributed by atoms with E-state index in [0.29, 0.717) is 13.1 Å². The average Bonchev–Trinajstić information content (AvgIpc) is 3.85. The Bertz CT molecular complexity index is 2650. The third-order valence-corrected chi connectivity index (χ3v) is 10.9. The third kappa shape index (κ3) is 10.3. The average molecular weight is 812 g/mol. The van der Waals surface area contributed by atoms with Gasteiger partial charge in [0.05, 0.1) is 6.04 Å². The van der Waals surface area contributed by atoms with Gasteiger partial charge in [-0.2, -0.15) is 0 Å². The summed E-state index contributed by atoms with van der Waals surface area (Å²) in [5, 5.41) is 0. The molecule has 0 saturated heterocycles. The van der Waals surface area contributed by atoms with E-state index in [-0.39, 0.29) is 12.2 Å². The first-order valence-electron chi connectivity index (χ1n) is 21.5. The van der Waals surface area contributed by atoms with Crippen molar-refractivity contribution in [3.63, 3.8) is 0 Å². The molecular formula is C52H61N9. The Morgan fingerprint density at radius 2 is 1.49 bits per heavy atom. The van der Waals surface area contributed by atoms with E-state index in [9.17, 15) is 0 Å². The zero-order valence-corrected chi connectivity index (χ0v) is 37.5. The second-order valence-electron chi connectivity index (χ2n) is 15.6. The van der Waals surface area contributed by atoms with Gasteiger partial charge in [-0.3, -0.25) is 14.6 Å². The lowest BCUT2D eigenvalue weighted by molar-refractivity contribution is 0.365. The highest BCUT2D eigenvalue weighted by molar-refractivity contribution is 6.02. The molecule has 61 heavy (non-hydrogen) atoms. The van der Waals surface area contributed by atoms with Crippen molar-refractivity contribution >= 4 is 40.1 Å². The SMILES string of the molecule is C=C(CN1C(c2cc(-c3nc4cccnc4n3C/C(C)=C\CC/C=C\C)cc(-c3nc4cccnc4n3C(=C/CC)/C(C)=C\C)c2)=NC(C)/C=C\C=N/C1C)/C(C)=C\C=C/C. The number of benzene rings is 1. The normalized spacial score (nSPS) is 18.2. The first-order valence-corrected chi connectivity index (χ1v) is 21.5. The van der Waals surface area contributed by atoms with E-state index in [4.69, 9.17) is 29.9 Å². The van der Waals surface area contributed by atoms with Gasteiger partial charge < -0.3 is 9.47 Å². The molecule has 0 amide bonds. The standard InChI is InChI=1S/C52H61N9/c1-11-15-17-18-23-36(5)34-60-49(57-45-26-20-29-54-51(45)60)43-31-42(48-56-40(9)25-19-28-53-41(10)59(48)35-39(8)38(7)24-16-12-2)32-44(33-43)50-58-46-27-21-30-55-52(46)61(50)47(22-13-3)37(6)14-4/h11-12,14-16,19-33,40-41H,8,13,17-18,34-35H2,1-7,9-10H3/b15-11-,16-12-,25-19-,36-23-,37-14-,38-24-,47-22+,53-28-,56-48?. The highest BCUT2D eigenvalue weighted by atomic mass is 15.3. The van der Waals surface area contributed by atoms with Crippen LogP contribution in [-0.4, -0.2) is 64.8 Å². The Kier molecular flexibility index (Phi) is 14.9. The molecule has 0 bridgehead atoms.